The lowest BCUT2D eigenvalue weighted by Crippen LogP contribution is -2.31. The van der Waals surface area contributed by atoms with Gasteiger partial charge in [-0.05, 0) is 11.1 Å². The second-order valence-electron chi connectivity index (χ2n) is 4.50. The number of rotatable bonds is 0. The Labute approximate surface area is 124 Å². The highest BCUT2D eigenvalue weighted by atomic mass is 32.2. The first-order chi connectivity index (χ1) is 8.80. The van der Waals surface area contributed by atoms with Crippen LogP contribution < -0.4 is 0 Å². The molecule has 3 aliphatic rings. The molecule has 0 atom stereocenters. The minimum atomic E-state index is -0.291. The van der Waals surface area contributed by atoms with Crippen LogP contribution in [0.25, 0.3) is 0 Å². The predicted molar refractivity (Wildman–Crippen MR) is 84.6 cm³/mol. The highest BCUT2D eigenvalue weighted by molar-refractivity contribution is 8.24. The van der Waals surface area contributed by atoms with Gasteiger partial charge < -0.3 is 0 Å². The van der Waals surface area contributed by atoms with Crippen LogP contribution in [0.4, 0.5) is 0 Å². The fraction of sp³-hybridized carbons (Fsp3) is 0.462. The van der Waals surface area contributed by atoms with E-state index in [9.17, 15) is 4.79 Å². The largest absolute Gasteiger partial charge is 0.294 e. The Bertz CT molecular complexity index is 470. The lowest BCUT2D eigenvalue weighted by atomic mass is 10.1. The molecule has 0 aromatic heterocycles. The monoisotopic (exact) mass is 312 g/mol. The number of ketones is 1. The van der Waals surface area contributed by atoms with Gasteiger partial charge in [-0.1, -0.05) is 24.3 Å². The zero-order chi connectivity index (χ0) is 12.2. The molecule has 0 bridgehead atoms. The van der Waals surface area contributed by atoms with Crippen molar-refractivity contribution in [1.82, 2.24) is 0 Å². The van der Waals surface area contributed by atoms with Crippen LogP contribution in [0.15, 0.2) is 24.3 Å². The van der Waals surface area contributed by atoms with Crippen molar-refractivity contribution in [3.05, 3.63) is 35.4 Å². The van der Waals surface area contributed by atoms with Crippen molar-refractivity contribution in [1.29, 1.82) is 0 Å². The maximum atomic E-state index is 13.1. The Balaban J connectivity index is 1.97. The Morgan fingerprint density at radius 3 is 1.56 bits per heavy atom. The van der Waals surface area contributed by atoms with Gasteiger partial charge >= 0.3 is 0 Å². The summed E-state index contributed by atoms with van der Waals surface area (Å²) < 4.78 is -0.581. The fourth-order valence-corrected chi connectivity index (χ4v) is 9.80. The molecule has 5 heteroatoms. The summed E-state index contributed by atoms with van der Waals surface area (Å²) >= 11 is 7.40. The average Bonchev–Trinajstić information content (AvgIpc) is 3.12. The van der Waals surface area contributed by atoms with Crippen molar-refractivity contribution in [2.24, 2.45) is 0 Å². The van der Waals surface area contributed by atoms with Gasteiger partial charge in [-0.3, -0.25) is 4.79 Å². The smallest absolute Gasteiger partial charge is 0.194 e. The maximum absolute atomic E-state index is 13.1. The second kappa shape index (κ2) is 4.14. The van der Waals surface area contributed by atoms with Crippen molar-refractivity contribution in [2.45, 2.75) is 8.16 Å². The summed E-state index contributed by atoms with van der Waals surface area (Å²) in [6, 6.07) is 8.51. The van der Waals surface area contributed by atoms with Gasteiger partial charge in [0.2, 0.25) is 0 Å². The van der Waals surface area contributed by atoms with Gasteiger partial charge in [-0.25, -0.2) is 0 Å². The zero-order valence-electron chi connectivity index (χ0n) is 9.68. The third-order valence-corrected chi connectivity index (χ3v) is 10.4. The van der Waals surface area contributed by atoms with E-state index in [2.05, 4.69) is 24.3 Å². The van der Waals surface area contributed by atoms with Gasteiger partial charge in [0.25, 0.3) is 0 Å². The predicted octanol–water partition coefficient (Wildman–Crippen LogP) is 3.53. The minimum absolute atomic E-state index is 0.291. The SMILES string of the molecule is O=C1C2(SCCS2)c2ccccc2C12SCCS2. The highest BCUT2D eigenvalue weighted by Crippen LogP contribution is 2.68. The van der Waals surface area contributed by atoms with Crippen LogP contribution in [-0.4, -0.2) is 28.8 Å². The van der Waals surface area contributed by atoms with E-state index in [0.717, 1.165) is 23.0 Å². The highest BCUT2D eigenvalue weighted by Gasteiger charge is 2.63. The molecule has 2 heterocycles. The van der Waals surface area contributed by atoms with Crippen LogP contribution in [0.3, 0.4) is 0 Å². The number of carbonyl (C=O) groups excluding carboxylic acids is 1. The van der Waals surface area contributed by atoms with E-state index < -0.39 is 0 Å². The van der Waals surface area contributed by atoms with Crippen LogP contribution in [0.2, 0.25) is 0 Å². The number of benzene rings is 1. The van der Waals surface area contributed by atoms with E-state index in [1.54, 1.807) is 0 Å². The molecule has 1 aliphatic carbocycles. The molecular formula is C13H12OS4. The summed E-state index contributed by atoms with van der Waals surface area (Å²) in [5.41, 5.74) is 2.56. The molecule has 1 aromatic rings. The summed E-state index contributed by atoms with van der Waals surface area (Å²) in [6.45, 7) is 0. The standard InChI is InChI=1S/C13H12OS4/c14-11-12(15-5-6-16-12)9-3-1-2-4-10(9)13(11)17-7-8-18-13/h1-4H,5-8H2. The molecule has 2 spiro atoms. The molecule has 2 aliphatic heterocycles. The quantitative estimate of drug-likeness (QED) is 0.726. The second-order valence-corrected chi connectivity index (χ2v) is 10.3. The van der Waals surface area contributed by atoms with Crippen LogP contribution in [0.5, 0.6) is 0 Å². The van der Waals surface area contributed by atoms with Crippen molar-refractivity contribution in [3.63, 3.8) is 0 Å². The maximum Gasteiger partial charge on any atom is 0.194 e. The van der Waals surface area contributed by atoms with Gasteiger partial charge in [-0.15, -0.1) is 47.0 Å². The normalized spacial score (nSPS) is 27.2. The summed E-state index contributed by atoms with van der Waals surface area (Å²) in [5.74, 6) is 4.81. The zero-order valence-corrected chi connectivity index (χ0v) is 12.9. The minimum Gasteiger partial charge on any atom is -0.294 e. The summed E-state index contributed by atoms with van der Waals surface area (Å²) in [4.78, 5) is 13.1. The molecule has 2 fully saturated rings. The van der Waals surface area contributed by atoms with Crippen LogP contribution in [-0.2, 0) is 13.0 Å². The van der Waals surface area contributed by atoms with E-state index in [-0.39, 0.29) is 8.16 Å². The summed E-state index contributed by atoms with van der Waals surface area (Å²) in [6.07, 6.45) is 0. The summed E-state index contributed by atoms with van der Waals surface area (Å²) in [7, 11) is 0. The van der Waals surface area contributed by atoms with Gasteiger partial charge in [-0.2, -0.15) is 0 Å². The number of hydrogen-bond donors (Lipinski definition) is 0. The number of thioether (sulfide) groups is 4. The van der Waals surface area contributed by atoms with Gasteiger partial charge in [0.15, 0.2) is 5.78 Å². The van der Waals surface area contributed by atoms with Gasteiger partial charge in [0.1, 0.15) is 8.16 Å². The van der Waals surface area contributed by atoms with E-state index in [4.69, 9.17) is 0 Å². The molecule has 4 rings (SSSR count). The molecule has 0 radical (unpaired) electrons. The number of hydrogen-bond acceptors (Lipinski definition) is 5. The van der Waals surface area contributed by atoms with E-state index in [1.165, 1.54) is 11.1 Å². The molecule has 2 saturated heterocycles. The Kier molecular flexibility index (Phi) is 2.77. The fourth-order valence-electron chi connectivity index (χ4n) is 2.92. The van der Waals surface area contributed by atoms with E-state index >= 15 is 0 Å². The van der Waals surface area contributed by atoms with Crippen LogP contribution >= 0.6 is 47.0 Å². The molecule has 18 heavy (non-hydrogen) atoms. The van der Waals surface area contributed by atoms with Crippen molar-refractivity contribution >= 4 is 52.8 Å². The molecular weight excluding hydrogens is 300 g/mol. The molecule has 0 unspecified atom stereocenters. The topological polar surface area (TPSA) is 17.1 Å². The van der Waals surface area contributed by atoms with Crippen LogP contribution in [0.1, 0.15) is 11.1 Å². The van der Waals surface area contributed by atoms with Crippen molar-refractivity contribution < 1.29 is 4.79 Å². The molecule has 0 amide bonds. The first kappa shape index (κ1) is 12.1. The first-order valence-electron chi connectivity index (χ1n) is 6.00. The van der Waals surface area contributed by atoms with Gasteiger partial charge in [0, 0.05) is 23.0 Å². The molecule has 94 valence electrons. The average molecular weight is 313 g/mol. The first-order valence-corrected chi connectivity index (χ1v) is 9.95. The lowest BCUT2D eigenvalue weighted by Gasteiger charge is -2.24. The molecule has 1 nitrogen and oxygen atoms in total. The van der Waals surface area contributed by atoms with Crippen molar-refractivity contribution in [2.75, 3.05) is 23.0 Å². The van der Waals surface area contributed by atoms with E-state index in [1.807, 2.05) is 47.0 Å². The number of Topliss-reactive ketones (excluding diaryl/α,β-unsaturated/α-hetero) is 1. The third-order valence-electron chi connectivity index (χ3n) is 3.62. The van der Waals surface area contributed by atoms with Gasteiger partial charge in [0.05, 0.1) is 0 Å². The van der Waals surface area contributed by atoms with Crippen LogP contribution in [0, 0.1) is 0 Å². The van der Waals surface area contributed by atoms with Crippen molar-refractivity contribution in [3.8, 4) is 0 Å². The summed E-state index contributed by atoms with van der Waals surface area (Å²) in [5, 5.41) is 0. The van der Waals surface area contributed by atoms with E-state index in [0.29, 0.717) is 5.78 Å². The third kappa shape index (κ3) is 1.34. The Morgan fingerprint density at radius 1 is 0.778 bits per heavy atom. The molecule has 0 saturated carbocycles. The number of fused-ring (bicyclic) bond motifs is 3. The lowest BCUT2D eigenvalue weighted by molar-refractivity contribution is -0.118. The Morgan fingerprint density at radius 2 is 1.17 bits per heavy atom. The Hall–Kier alpha value is 0.290. The molecule has 1 aromatic carbocycles. The number of carbonyl (C=O) groups is 1. The molecule has 0 N–H and O–H groups in total.